The summed E-state index contributed by atoms with van der Waals surface area (Å²) in [5.41, 5.74) is 4.59. The number of furan rings is 1. The molecule has 0 bridgehead atoms. The molecule has 1 aromatic carbocycles. The fourth-order valence-corrected chi connectivity index (χ4v) is 4.07. The van der Waals surface area contributed by atoms with Crippen LogP contribution in [0.15, 0.2) is 47.1 Å². The lowest BCUT2D eigenvalue weighted by atomic mass is 10.1. The number of thiazole rings is 1. The van der Waals surface area contributed by atoms with Gasteiger partial charge in [-0.05, 0) is 6.07 Å². The molecule has 1 aliphatic heterocycles. The van der Waals surface area contributed by atoms with E-state index in [-0.39, 0.29) is 0 Å². The van der Waals surface area contributed by atoms with E-state index in [1.54, 1.807) is 17.5 Å². The van der Waals surface area contributed by atoms with E-state index in [1.165, 1.54) is 20.8 Å². The number of hydrogen-bond donors (Lipinski definition) is 0. The topological polar surface area (TPSA) is 29.9 Å². The van der Waals surface area contributed by atoms with Crippen LogP contribution in [0.25, 0.3) is 32.0 Å². The minimum Gasteiger partial charge on any atom is -0.403 e. The highest BCUT2D eigenvalue weighted by atomic mass is 32.1. The minimum absolute atomic E-state index is 0.902. The Balaban J connectivity index is 1.93. The molecule has 0 unspecified atom stereocenters. The zero-order valence-electron chi connectivity index (χ0n) is 9.96. The van der Waals surface area contributed by atoms with Crippen molar-refractivity contribution in [3.63, 3.8) is 0 Å². The quantitative estimate of drug-likeness (QED) is 0.402. The first-order valence-electron chi connectivity index (χ1n) is 6.19. The Bertz CT molecular complexity index is 951. The average molecular weight is 265 g/mol. The van der Waals surface area contributed by atoms with Crippen LogP contribution in [-0.2, 0) is 6.54 Å². The van der Waals surface area contributed by atoms with Crippen molar-refractivity contribution in [2.24, 2.45) is 0 Å². The predicted octanol–water partition coefficient (Wildman–Crippen LogP) is 3.36. The fraction of sp³-hybridized carbons (Fsp3) is 0.0667. The molecule has 0 amide bonds. The highest BCUT2D eigenvalue weighted by molar-refractivity contribution is 7.22. The third kappa shape index (κ3) is 1.12. The van der Waals surface area contributed by atoms with E-state index >= 15 is 0 Å². The number of benzene rings is 1. The molecule has 0 N–H and O–H groups in total. The van der Waals surface area contributed by atoms with Gasteiger partial charge in [-0.15, -0.1) is 4.57 Å². The molecule has 1 aliphatic rings. The van der Waals surface area contributed by atoms with Gasteiger partial charge >= 0.3 is 5.71 Å². The second-order valence-electron chi connectivity index (χ2n) is 4.76. The summed E-state index contributed by atoms with van der Waals surface area (Å²) in [5, 5.41) is 2.40. The number of hydrogen-bond acceptors (Lipinski definition) is 3. The zero-order valence-corrected chi connectivity index (χ0v) is 10.8. The van der Waals surface area contributed by atoms with Gasteiger partial charge in [0.05, 0.1) is 10.9 Å². The summed E-state index contributed by atoms with van der Waals surface area (Å²) in [7, 11) is 0. The Kier molecular flexibility index (Phi) is 1.64. The molecular formula is C15H9N2OS+. The molecule has 4 heterocycles. The molecule has 0 aliphatic carbocycles. The SMILES string of the molecule is c1ccc2c(c1)C[n+]1c-2sc2c3cnccc3oc21. The largest absolute Gasteiger partial charge is 0.403 e. The van der Waals surface area contributed by atoms with Gasteiger partial charge in [0.25, 0.3) is 5.01 Å². The summed E-state index contributed by atoms with van der Waals surface area (Å²) < 4.78 is 9.47. The third-order valence-electron chi connectivity index (χ3n) is 3.69. The molecule has 4 aromatic rings. The highest BCUT2D eigenvalue weighted by Crippen LogP contribution is 2.39. The van der Waals surface area contributed by atoms with Crippen molar-refractivity contribution in [2.75, 3.05) is 0 Å². The summed E-state index contributed by atoms with van der Waals surface area (Å²) in [6.45, 7) is 0.902. The minimum atomic E-state index is 0.902. The molecule has 0 saturated carbocycles. The monoisotopic (exact) mass is 265 g/mol. The molecule has 90 valence electrons. The predicted molar refractivity (Wildman–Crippen MR) is 74.1 cm³/mol. The highest BCUT2D eigenvalue weighted by Gasteiger charge is 2.34. The van der Waals surface area contributed by atoms with Crippen LogP contribution in [0.4, 0.5) is 0 Å². The molecule has 0 radical (unpaired) electrons. The van der Waals surface area contributed by atoms with Gasteiger partial charge in [0.15, 0.2) is 11.2 Å². The van der Waals surface area contributed by atoms with Crippen molar-refractivity contribution in [1.82, 2.24) is 4.98 Å². The standard InChI is InChI=1S/C15H9N2OS/c1-2-4-10-9(3-1)8-17-14-13(19-15(10)17)11-7-16-6-5-12(11)18-14/h1-7H,8H2/q+1. The van der Waals surface area contributed by atoms with E-state index in [2.05, 4.69) is 33.8 Å². The second kappa shape index (κ2) is 3.22. The zero-order chi connectivity index (χ0) is 12.4. The van der Waals surface area contributed by atoms with E-state index in [1.807, 2.05) is 12.3 Å². The van der Waals surface area contributed by atoms with Crippen LogP contribution in [0.1, 0.15) is 5.56 Å². The van der Waals surface area contributed by atoms with Crippen molar-refractivity contribution in [1.29, 1.82) is 0 Å². The van der Waals surface area contributed by atoms with Crippen molar-refractivity contribution in [3.8, 4) is 10.6 Å². The Morgan fingerprint density at radius 2 is 2.16 bits per heavy atom. The van der Waals surface area contributed by atoms with Crippen molar-refractivity contribution in [2.45, 2.75) is 6.54 Å². The fourth-order valence-electron chi connectivity index (χ4n) is 2.81. The second-order valence-corrected chi connectivity index (χ2v) is 5.76. The number of aromatic nitrogens is 2. The van der Waals surface area contributed by atoms with Gasteiger partial charge in [-0.1, -0.05) is 29.5 Å². The lowest BCUT2D eigenvalue weighted by molar-refractivity contribution is -0.648. The maximum atomic E-state index is 6.00. The molecule has 4 heteroatoms. The lowest BCUT2D eigenvalue weighted by Crippen LogP contribution is -2.29. The van der Waals surface area contributed by atoms with Gasteiger partial charge in [0.2, 0.25) is 0 Å². The van der Waals surface area contributed by atoms with Crippen LogP contribution in [0.2, 0.25) is 0 Å². The van der Waals surface area contributed by atoms with E-state index in [0.29, 0.717) is 0 Å². The van der Waals surface area contributed by atoms with Crippen LogP contribution in [0, 0.1) is 0 Å². The van der Waals surface area contributed by atoms with E-state index in [0.717, 1.165) is 23.2 Å². The van der Waals surface area contributed by atoms with Gasteiger partial charge in [-0.25, -0.2) is 0 Å². The van der Waals surface area contributed by atoms with Gasteiger partial charge in [0, 0.05) is 24.0 Å². The first-order valence-corrected chi connectivity index (χ1v) is 7.00. The van der Waals surface area contributed by atoms with Crippen LogP contribution < -0.4 is 4.57 Å². The summed E-state index contributed by atoms with van der Waals surface area (Å²) >= 11 is 1.79. The molecule has 19 heavy (non-hydrogen) atoms. The Morgan fingerprint density at radius 1 is 1.21 bits per heavy atom. The summed E-state index contributed by atoms with van der Waals surface area (Å²) in [6, 6.07) is 10.5. The maximum Gasteiger partial charge on any atom is 0.393 e. The third-order valence-corrected chi connectivity index (χ3v) is 4.92. The van der Waals surface area contributed by atoms with E-state index in [4.69, 9.17) is 4.42 Å². The molecule has 3 aromatic heterocycles. The molecule has 3 nitrogen and oxygen atoms in total. The van der Waals surface area contributed by atoms with Crippen LogP contribution >= 0.6 is 11.3 Å². The summed E-state index contributed by atoms with van der Waals surface area (Å²) in [6.07, 6.45) is 3.66. The van der Waals surface area contributed by atoms with Crippen molar-refractivity contribution >= 4 is 32.7 Å². The smallest absolute Gasteiger partial charge is 0.393 e. The molecule has 0 fully saturated rings. The van der Waals surface area contributed by atoms with Gasteiger partial charge < -0.3 is 4.42 Å². The molecule has 0 atom stereocenters. The Hall–Kier alpha value is -2.20. The summed E-state index contributed by atoms with van der Waals surface area (Å²) in [5.74, 6) is 0. The average Bonchev–Trinajstić information content (AvgIpc) is 3.07. The van der Waals surface area contributed by atoms with E-state index < -0.39 is 0 Å². The van der Waals surface area contributed by atoms with Crippen LogP contribution in [0.3, 0.4) is 0 Å². The first kappa shape index (κ1) is 9.69. The number of pyridine rings is 1. The molecule has 0 spiro atoms. The van der Waals surface area contributed by atoms with Gasteiger partial charge in [-0.3, -0.25) is 4.98 Å². The Morgan fingerprint density at radius 3 is 3.16 bits per heavy atom. The normalized spacial score (nSPS) is 13.1. The van der Waals surface area contributed by atoms with Crippen LogP contribution in [0.5, 0.6) is 0 Å². The lowest BCUT2D eigenvalue weighted by Gasteiger charge is -1.89. The molecule has 0 saturated heterocycles. The molecular weight excluding hydrogens is 256 g/mol. The Labute approximate surface area is 112 Å². The summed E-state index contributed by atoms with van der Waals surface area (Å²) in [4.78, 5) is 4.20. The number of fused-ring (bicyclic) bond motifs is 7. The van der Waals surface area contributed by atoms with E-state index in [9.17, 15) is 0 Å². The first-order chi connectivity index (χ1) is 9.42. The van der Waals surface area contributed by atoms with Gasteiger partial charge in [-0.2, -0.15) is 0 Å². The maximum absolute atomic E-state index is 6.00. The van der Waals surface area contributed by atoms with Crippen LogP contribution in [-0.4, -0.2) is 4.98 Å². The number of nitrogens with zero attached hydrogens (tertiary/aromatic N) is 2. The van der Waals surface area contributed by atoms with Gasteiger partial charge in [0.1, 0.15) is 5.58 Å². The van der Waals surface area contributed by atoms with Crippen molar-refractivity contribution < 1.29 is 8.98 Å². The molecule has 5 rings (SSSR count). The number of rotatable bonds is 0. The van der Waals surface area contributed by atoms with Crippen molar-refractivity contribution in [3.05, 3.63) is 48.3 Å².